The van der Waals surface area contributed by atoms with Gasteiger partial charge in [0.1, 0.15) is 11.8 Å². The molecular weight excluding hydrogens is 258 g/mol. The lowest BCUT2D eigenvalue weighted by atomic mass is 10.0. The van der Waals surface area contributed by atoms with Gasteiger partial charge in [0, 0.05) is 5.56 Å². The number of ether oxygens (including phenoxy) is 1. The van der Waals surface area contributed by atoms with E-state index < -0.39 is 0 Å². The number of nitrogens with zero attached hydrogens (tertiary/aromatic N) is 1. The maximum atomic E-state index is 11.5. The van der Waals surface area contributed by atoms with Crippen LogP contribution in [0, 0.1) is 18.3 Å². The van der Waals surface area contributed by atoms with E-state index in [-0.39, 0.29) is 11.1 Å². The van der Waals surface area contributed by atoms with Crippen molar-refractivity contribution < 1.29 is 9.53 Å². The fourth-order valence-corrected chi connectivity index (χ4v) is 1.61. The van der Waals surface area contributed by atoms with Gasteiger partial charge >= 0.3 is 0 Å². The van der Waals surface area contributed by atoms with Crippen LogP contribution in [0.2, 0.25) is 0 Å². The van der Waals surface area contributed by atoms with Crippen molar-refractivity contribution in [1.82, 2.24) is 0 Å². The number of nitriles is 1. The predicted octanol–water partition coefficient (Wildman–Crippen LogP) is 2.45. The number of halogens is 1. The van der Waals surface area contributed by atoms with Crippen LogP contribution >= 0.6 is 15.9 Å². The minimum absolute atomic E-state index is 0.0355. The summed E-state index contributed by atoms with van der Waals surface area (Å²) in [5.74, 6) is 0.466. The molecule has 0 fully saturated rings. The molecule has 1 aromatic carbocycles. The van der Waals surface area contributed by atoms with Gasteiger partial charge in [0.15, 0.2) is 5.78 Å². The normalized spacial score (nSPS) is 9.47. The van der Waals surface area contributed by atoms with Crippen LogP contribution in [0.25, 0.3) is 0 Å². The Labute approximate surface area is 96.8 Å². The molecule has 0 atom stereocenters. The number of Topliss-reactive ketones (excluding diaryl/α,β-unsaturated/α-hetero) is 1. The number of hydrogen-bond donors (Lipinski definition) is 0. The molecule has 1 aromatic rings. The molecule has 0 bridgehead atoms. The SMILES string of the molecule is COc1cc(C)c(C(=O)CBr)cc1C#N. The fourth-order valence-electron chi connectivity index (χ4n) is 1.31. The molecule has 4 heteroatoms. The van der Waals surface area contributed by atoms with E-state index in [1.165, 1.54) is 7.11 Å². The van der Waals surface area contributed by atoms with Crippen molar-refractivity contribution in [2.75, 3.05) is 12.4 Å². The number of alkyl halides is 1. The summed E-state index contributed by atoms with van der Waals surface area (Å²) < 4.78 is 5.04. The zero-order valence-corrected chi connectivity index (χ0v) is 10.1. The summed E-state index contributed by atoms with van der Waals surface area (Å²) in [4.78, 5) is 11.5. The van der Waals surface area contributed by atoms with Gasteiger partial charge < -0.3 is 4.74 Å². The number of ketones is 1. The van der Waals surface area contributed by atoms with E-state index >= 15 is 0 Å². The van der Waals surface area contributed by atoms with Crippen LogP contribution in [0.15, 0.2) is 12.1 Å². The number of methoxy groups -OCH3 is 1. The maximum Gasteiger partial charge on any atom is 0.173 e. The Morgan fingerprint density at radius 1 is 1.60 bits per heavy atom. The lowest BCUT2D eigenvalue weighted by Gasteiger charge is -2.07. The van der Waals surface area contributed by atoms with Crippen LogP contribution in [0.1, 0.15) is 21.5 Å². The van der Waals surface area contributed by atoms with E-state index in [1.54, 1.807) is 12.1 Å². The minimum Gasteiger partial charge on any atom is -0.495 e. The third kappa shape index (κ3) is 2.37. The smallest absolute Gasteiger partial charge is 0.173 e. The highest BCUT2D eigenvalue weighted by Gasteiger charge is 2.12. The number of aryl methyl sites for hydroxylation is 1. The molecule has 0 saturated carbocycles. The van der Waals surface area contributed by atoms with E-state index in [1.807, 2.05) is 13.0 Å². The van der Waals surface area contributed by atoms with Gasteiger partial charge in [-0.3, -0.25) is 4.79 Å². The molecule has 3 nitrogen and oxygen atoms in total. The highest BCUT2D eigenvalue weighted by molar-refractivity contribution is 9.09. The summed E-state index contributed by atoms with van der Waals surface area (Å²) in [6.45, 7) is 1.82. The highest BCUT2D eigenvalue weighted by atomic mass is 79.9. The summed E-state index contributed by atoms with van der Waals surface area (Å²) in [5.41, 5.74) is 1.76. The van der Waals surface area contributed by atoms with Crippen molar-refractivity contribution in [2.45, 2.75) is 6.92 Å². The van der Waals surface area contributed by atoms with E-state index in [4.69, 9.17) is 10.00 Å². The van der Waals surface area contributed by atoms with Crippen molar-refractivity contribution in [1.29, 1.82) is 5.26 Å². The van der Waals surface area contributed by atoms with Crippen molar-refractivity contribution in [2.24, 2.45) is 0 Å². The Bertz CT molecular complexity index is 435. The van der Waals surface area contributed by atoms with Crippen LogP contribution < -0.4 is 4.74 Å². The van der Waals surface area contributed by atoms with Crippen molar-refractivity contribution in [3.63, 3.8) is 0 Å². The first-order valence-electron chi connectivity index (χ1n) is 4.32. The van der Waals surface area contributed by atoms with Crippen LogP contribution in [0.3, 0.4) is 0 Å². The summed E-state index contributed by atoms with van der Waals surface area (Å²) in [5, 5.41) is 9.12. The highest BCUT2D eigenvalue weighted by Crippen LogP contribution is 2.23. The number of carbonyl (C=O) groups excluding carboxylic acids is 1. The van der Waals surface area contributed by atoms with Gasteiger partial charge in [-0.2, -0.15) is 5.26 Å². The second-order valence-corrected chi connectivity index (χ2v) is 3.60. The second kappa shape index (κ2) is 4.94. The lowest BCUT2D eigenvalue weighted by molar-refractivity contribution is 0.102. The molecule has 0 aliphatic rings. The third-order valence-corrected chi connectivity index (χ3v) is 2.60. The molecule has 0 radical (unpaired) electrons. The molecule has 0 aliphatic heterocycles. The van der Waals surface area contributed by atoms with E-state index in [0.29, 0.717) is 16.9 Å². The number of carbonyl (C=O) groups is 1. The molecule has 78 valence electrons. The fraction of sp³-hybridized carbons (Fsp3) is 0.273. The first-order valence-corrected chi connectivity index (χ1v) is 5.44. The topological polar surface area (TPSA) is 50.1 Å². The Morgan fingerprint density at radius 2 is 2.27 bits per heavy atom. The van der Waals surface area contributed by atoms with E-state index in [2.05, 4.69) is 15.9 Å². The average Bonchev–Trinajstić information content (AvgIpc) is 2.27. The number of rotatable bonds is 3. The van der Waals surface area contributed by atoms with E-state index in [0.717, 1.165) is 5.56 Å². The average molecular weight is 268 g/mol. The number of benzene rings is 1. The van der Waals surface area contributed by atoms with E-state index in [9.17, 15) is 4.79 Å². The minimum atomic E-state index is -0.0355. The molecule has 0 aromatic heterocycles. The first-order chi connectivity index (χ1) is 7.13. The zero-order valence-electron chi connectivity index (χ0n) is 8.50. The van der Waals surface area contributed by atoms with Crippen LogP contribution in [-0.2, 0) is 0 Å². The van der Waals surface area contributed by atoms with Crippen LogP contribution in [-0.4, -0.2) is 18.2 Å². The summed E-state index contributed by atoms with van der Waals surface area (Å²) >= 11 is 3.10. The maximum absolute atomic E-state index is 11.5. The Balaban J connectivity index is 3.33. The van der Waals surface area contributed by atoms with Crippen LogP contribution in [0.5, 0.6) is 5.75 Å². The van der Waals surface area contributed by atoms with Gasteiger partial charge in [-0.1, -0.05) is 15.9 Å². The molecular formula is C11H10BrNO2. The summed E-state index contributed by atoms with van der Waals surface area (Å²) in [6, 6.07) is 5.27. The van der Waals surface area contributed by atoms with Crippen molar-refractivity contribution in [3.05, 3.63) is 28.8 Å². The van der Waals surface area contributed by atoms with Crippen molar-refractivity contribution >= 4 is 21.7 Å². The molecule has 0 unspecified atom stereocenters. The molecule has 0 spiro atoms. The quantitative estimate of drug-likeness (QED) is 0.625. The number of hydrogen-bond acceptors (Lipinski definition) is 3. The largest absolute Gasteiger partial charge is 0.495 e. The predicted molar refractivity (Wildman–Crippen MR) is 60.6 cm³/mol. The standard InChI is InChI=1S/C11H10BrNO2/c1-7-3-11(15-2)8(6-13)4-9(7)10(14)5-12/h3-4H,5H2,1-2H3. The Morgan fingerprint density at radius 3 is 2.73 bits per heavy atom. The lowest BCUT2D eigenvalue weighted by Crippen LogP contribution is -2.04. The molecule has 0 heterocycles. The van der Waals surface area contributed by atoms with Gasteiger partial charge in [0.05, 0.1) is 18.0 Å². The molecule has 15 heavy (non-hydrogen) atoms. The monoisotopic (exact) mass is 267 g/mol. The summed E-state index contributed by atoms with van der Waals surface area (Å²) in [6.07, 6.45) is 0. The zero-order chi connectivity index (χ0) is 11.4. The van der Waals surface area contributed by atoms with Crippen molar-refractivity contribution in [3.8, 4) is 11.8 Å². The van der Waals surface area contributed by atoms with Gasteiger partial charge in [-0.25, -0.2) is 0 Å². The third-order valence-electron chi connectivity index (χ3n) is 2.09. The van der Waals surface area contributed by atoms with Gasteiger partial charge in [-0.05, 0) is 24.6 Å². The van der Waals surface area contributed by atoms with Gasteiger partial charge in [0.25, 0.3) is 0 Å². The molecule has 1 rings (SSSR count). The molecule has 0 amide bonds. The van der Waals surface area contributed by atoms with Gasteiger partial charge in [-0.15, -0.1) is 0 Å². The Hall–Kier alpha value is -1.34. The second-order valence-electron chi connectivity index (χ2n) is 3.04. The Kier molecular flexibility index (Phi) is 3.87. The molecule has 0 saturated heterocycles. The molecule has 0 aliphatic carbocycles. The molecule has 0 N–H and O–H groups in total. The van der Waals surface area contributed by atoms with Crippen LogP contribution in [0.4, 0.5) is 0 Å². The van der Waals surface area contributed by atoms with Gasteiger partial charge in [0.2, 0.25) is 0 Å². The summed E-state index contributed by atoms with van der Waals surface area (Å²) in [7, 11) is 1.50. The first kappa shape index (κ1) is 11.7.